The average Bonchev–Trinajstić information content (AvgIpc) is 2.94. The van der Waals surface area contributed by atoms with Gasteiger partial charge in [0.25, 0.3) is 0 Å². The molecule has 0 radical (unpaired) electrons. The van der Waals surface area contributed by atoms with Crippen LogP contribution >= 0.6 is 0 Å². The highest BCUT2D eigenvalue weighted by Crippen LogP contribution is 2.25. The molecule has 0 aliphatic carbocycles. The molecule has 1 aliphatic rings. The van der Waals surface area contributed by atoms with Crippen molar-refractivity contribution in [1.82, 2.24) is 0 Å². The topological polar surface area (TPSA) is 85.2 Å². The van der Waals surface area contributed by atoms with Crippen LogP contribution < -0.4 is 4.74 Å². The normalized spacial score (nSPS) is 14.9. The zero-order valence-corrected chi connectivity index (χ0v) is 13.1. The standard InChI is InChI=1S/C18H11F2NO5/c19-11-5-6-12(13(20)8-11)17-21-14(18(24)26-17)7-10-3-1-2-4-15(10)25-9-16(22)23/h1-8H,9H2,(H,22,23). The van der Waals surface area contributed by atoms with E-state index in [-0.39, 0.29) is 22.9 Å². The van der Waals surface area contributed by atoms with Gasteiger partial charge in [-0.1, -0.05) is 18.2 Å². The van der Waals surface area contributed by atoms with E-state index in [4.69, 9.17) is 14.6 Å². The number of hydrogen-bond acceptors (Lipinski definition) is 5. The molecule has 3 rings (SSSR count). The van der Waals surface area contributed by atoms with E-state index < -0.39 is 30.2 Å². The first-order valence-electron chi connectivity index (χ1n) is 7.35. The second-order valence-electron chi connectivity index (χ2n) is 5.18. The van der Waals surface area contributed by atoms with Gasteiger partial charge in [-0.05, 0) is 24.3 Å². The van der Waals surface area contributed by atoms with Gasteiger partial charge in [-0.25, -0.2) is 23.4 Å². The molecule has 0 unspecified atom stereocenters. The number of aliphatic carboxylic acids is 1. The number of hydrogen-bond donors (Lipinski definition) is 1. The van der Waals surface area contributed by atoms with Gasteiger partial charge in [0.1, 0.15) is 17.4 Å². The van der Waals surface area contributed by atoms with Crippen molar-refractivity contribution < 1.29 is 33.0 Å². The molecule has 0 aromatic heterocycles. The maximum Gasteiger partial charge on any atom is 0.363 e. The van der Waals surface area contributed by atoms with E-state index in [0.717, 1.165) is 12.1 Å². The van der Waals surface area contributed by atoms with E-state index >= 15 is 0 Å². The van der Waals surface area contributed by atoms with Gasteiger partial charge in [0.2, 0.25) is 5.90 Å². The smallest absolute Gasteiger partial charge is 0.363 e. The van der Waals surface area contributed by atoms with Crippen molar-refractivity contribution in [2.75, 3.05) is 6.61 Å². The lowest BCUT2D eigenvalue weighted by molar-refractivity contribution is -0.139. The third-order valence-electron chi connectivity index (χ3n) is 3.34. The summed E-state index contributed by atoms with van der Waals surface area (Å²) in [4.78, 5) is 26.6. The van der Waals surface area contributed by atoms with Crippen LogP contribution in [0.5, 0.6) is 5.75 Å². The number of ether oxygens (including phenoxy) is 2. The molecule has 1 aliphatic heterocycles. The quantitative estimate of drug-likeness (QED) is 0.655. The van der Waals surface area contributed by atoms with Crippen LogP contribution in [0.2, 0.25) is 0 Å². The molecule has 0 bridgehead atoms. The maximum atomic E-state index is 13.8. The van der Waals surface area contributed by atoms with Crippen molar-refractivity contribution in [3.05, 3.63) is 70.9 Å². The molecule has 0 saturated heterocycles. The van der Waals surface area contributed by atoms with E-state index in [1.165, 1.54) is 12.1 Å². The van der Waals surface area contributed by atoms with Crippen LogP contribution in [-0.2, 0) is 14.3 Å². The maximum absolute atomic E-state index is 13.8. The number of carboxylic acids is 1. The summed E-state index contributed by atoms with van der Waals surface area (Å²) in [6.07, 6.45) is 1.33. The van der Waals surface area contributed by atoms with E-state index in [0.29, 0.717) is 11.6 Å². The molecule has 132 valence electrons. The fraction of sp³-hybridized carbons (Fsp3) is 0.0556. The molecule has 0 fully saturated rings. The highest BCUT2D eigenvalue weighted by molar-refractivity contribution is 6.13. The Morgan fingerprint density at radius 3 is 2.73 bits per heavy atom. The minimum atomic E-state index is -1.15. The van der Waals surface area contributed by atoms with E-state index in [1.807, 2.05) is 0 Å². The Morgan fingerprint density at radius 1 is 1.23 bits per heavy atom. The highest BCUT2D eigenvalue weighted by atomic mass is 19.1. The summed E-state index contributed by atoms with van der Waals surface area (Å²) in [5, 5.41) is 8.70. The van der Waals surface area contributed by atoms with Gasteiger partial charge in [-0.2, -0.15) is 0 Å². The molecule has 0 saturated carbocycles. The van der Waals surface area contributed by atoms with Crippen molar-refractivity contribution in [3.63, 3.8) is 0 Å². The second kappa shape index (κ2) is 7.14. The number of halogens is 2. The number of rotatable bonds is 5. The summed E-state index contributed by atoms with van der Waals surface area (Å²) >= 11 is 0. The first kappa shape index (κ1) is 17.3. The zero-order chi connectivity index (χ0) is 18.7. The number of carboxylic acid groups (broad SMARTS) is 1. The van der Waals surface area contributed by atoms with Gasteiger partial charge >= 0.3 is 11.9 Å². The van der Waals surface area contributed by atoms with Crippen LogP contribution in [-0.4, -0.2) is 29.5 Å². The van der Waals surface area contributed by atoms with E-state index in [2.05, 4.69) is 4.99 Å². The third-order valence-corrected chi connectivity index (χ3v) is 3.34. The minimum absolute atomic E-state index is 0.130. The lowest BCUT2D eigenvalue weighted by Gasteiger charge is -2.06. The summed E-state index contributed by atoms with van der Waals surface area (Å²) < 4.78 is 36.9. The third kappa shape index (κ3) is 3.75. The van der Waals surface area contributed by atoms with Crippen LogP contribution in [0.25, 0.3) is 6.08 Å². The Kier molecular flexibility index (Phi) is 4.74. The molecule has 2 aromatic carbocycles. The predicted molar refractivity (Wildman–Crippen MR) is 86.5 cm³/mol. The number of aliphatic imine (C=N–C) groups is 1. The zero-order valence-electron chi connectivity index (χ0n) is 13.1. The summed E-state index contributed by atoms with van der Waals surface area (Å²) in [6.45, 7) is -0.556. The number of para-hydroxylation sites is 1. The van der Waals surface area contributed by atoms with Crippen LogP contribution in [0.4, 0.5) is 8.78 Å². The molecule has 1 N–H and O–H groups in total. The van der Waals surface area contributed by atoms with Gasteiger partial charge in [0, 0.05) is 11.6 Å². The lowest BCUT2D eigenvalue weighted by atomic mass is 10.1. The Bertz CT molecular complexity index is 952. The Hall–Kier alpha value is -3.55. The van der Waals surface area contributed by atoms with Gasteiger partial charge in [0.15, 0.2) is 12.3 Å². The molecular weight excluding hydrogens is 348 g/mol. The van der Waals surface area contributed by atoms with Crippen LogP contribution in [0, 0.1) is 11.6 Å². The molecular formula is C18H11F2NO5. The number of carbonyl (C=O) groups is 2. The van der Waals surface area contributed by atoms with E-state index in [1.54, 1.807) is 18.2 Å². The van der Waals surface area contributed by atoms with Gasteiger partial charge in [-0.3, -0.25) is 0 Å². The molecule has 26 heavy (non-hydrogen) atoms. The second-order valence-corrected chi connectivity index (χ2v) is 5.18. The first-order valence-corrected chi connectivity index (χ1v) is 7.35. The van der Waals surface area contributed by atoms with Gasteiger partial charge in [0.05, 0.1) is 5.56 Å². The molecule has 0 amide bonds. The summed E-state index contributed by atoms with van der Waals surface area (Å²) in [5.74, 6) is -3.72. The van der Waals surface area contributed by atoms with Crippen molar-refractivity contribution in [3.8, 4) is 5.75 Å². The highest BCUT2D eigenvalue weighted by Gasteiger charge is 2.26. The summed E-state index contributed by atoms with van der Waals surface area (Å²) in [5.41, 5.74) is 0.110. The molecule has 0 spiro atoms. The molecule has 6 nitrogen and oxygen atoms in total. The number of cyclic esters (lactones) is 1. The van der Waals surface area contributed by atoms with Crippen LogP contribution in [0.1, 0.15) is 11.1 Å². The molecule has 8 heteroatoms. The van der Waals surface area contributed by atoms with Gasteiger partial charge in [-0.15, -0.1) is 0 Å². The van der Waals surface area contributed by atoms with Crippen molar-refractivity contribution in [2.24, 2.45) is 4.99 Å². The molecule has 1 heterocycles. The van der Waals surface area contributed by atoms with Crippen molar-refractivity contribution in [2.45, 2.75) is 0 Å². The Labute approximate surface area is 146 Å². The summed E-state index contributed by atoms with van der Waals surface area (Å²) in [6, 6.07) is 9.19. The van der Waals surface area contributed by atoms with Crippen molar-refractivity contribution >= 4 is 23.9 Å². The summed E-state index contributed by atoms with van der Waals surface area (Å²) in [7, 11) is 0. The van der Waals surface area contributed by atoms with Gasteiger partial charge < -0.3 is 14.6 Å². The monoisotopic (exact) mass is 359 g/mol. The number of nitrogens with zero attached hydrogens (tertiary/aromatic N) is 1. The molecule has 0 atom stereocenters. The Balaban J connectivity index is 1.93. The fourth-order valence-corrected chi connectivity index (χ4v) is 2.21. The van der Waals surface area contributed by atoms with Crippen molar-refractivity contribution in [1.29, 1.82) is 0 Å². The van der Waals surface area contributed by atoms with E-state index in [9.17, 15) is 18.4 Å². The first-order chi connectivity index (χ1) is 12.4. The fourth-order valence-electron chi connectivity index (χ4n) is 2.21. The number of esters is 1. The number of carbonyl (C=O) groups excluding carboxylic acids is 1. The average molecular weight is 359 g/mol. The molecule has 2 aromatic rings. The van der Waals surface area contributed by atoms with Crippen LogP contribution in [0.3, 0.4) is 0 Å². The largest absolute Gasteiger partial charge is 0.481 e. The lowest BCUT2D eigenvalue weighted by Crippen LogP contribution is -2.10. The Morgan fingerprint density at radius 2 is 2.00 bits per heavy atom. The minimum Gasteiger partial charge on any atom is -0.481 e. The number of benzene rings is 2. The predicted octanol–water partition coefficient (Wildman–Crippen LogP) is 2.77. The SMILES string of the molecule is O=C(O)COc1ccccc1C=C1N=C(c2ccc(F)cc2F)OC1=O. The van der Waals surface area contributed by atoms with Crippen LogP contribution in [0.15, 0.2) is 53.2 Å².